The maximum absolute atomic E-state index is 13.3. The zero-order chi connectivity index (χ0) is 20.7. The predicted molar refractivity (Wildman–Crippen MR) is 115 cm³/mol. The van der Waals surface area contributed by atoms with Gasteiger partial charge in [-0.1, -0.05) is 55.2 Å². The Labute approximate surface area is 168 Å². The lowest BCUT2D eigenvalue weighted by Gasteiger charge is -2.16. The monoisotopic (exact) mass is 385 g/mol. The molecule has 0 atom stereocenters. The molecule has 1 aromatic heterocycles. The Kier molecular flexibility index (Phi) is 4.59. The van der Waals surface area contributed by atoms with E-state index in [1.807, 2.05) is 12.1 Å². The molecule has 0 saturated carbocycles. The molecule has 4 nitrogen and oxygen atoms in total. The van der Waals surface area contributed by atoms with Gasteiger partial charge in [-0.15, -0.1) is 0 Å². The van der Waals surface area contributed by atoms with Crippen molar-refractivity contribution in [3.05, 3.63) is 89.4 Å². The number of hydrogen-bond acceptors (Lipinski definition) is 4. The summed E-state index contributed by atoms with van der Waals surface area (Å²) in [5.41, 5.74) is 12.2. The number of fused-ring (bicyclic) bond motifs is 3. The van der Waals surface area contributed by atoms with E-state index in [4.69, 9.17) is 5.73 Å². The van der Waals surface area contributed by atoms with Gasteiger partial charge in [0.15, 0.2) is 5.78 Å². The number of anilines is 1. The zero-order valence-corrected chi connectivity index (χ0v) is 16.1. The molecule has 2 aromatic rings. The predicted octanol–water partition coefficient (Wildman–Crippen LogP) is 5.45. The van der Waals surface area contributed by atoms with Crippen LogP contribution in [-0.4, -0.2) is 15.8 Å². The number of ketones is 1. The third kappa shape index (κ3) is 3.25. The molecule has 2 aliphatic carbocycles. The van der Waals surface area contributed by atoms with Crippen molar-refractivity contribution in [2.24, 2.45) is 0 Å². The van der Waals surface area contributed by atoms with E-state index in [0.29, 0.717) is 28.1 Å². The van der Waals surface area contributed by atoms with Gasteiger partial charge in [-0.3, -0.25) is 4.79 Å². The van der Waals surface area contributed by atoms with Crippen LogP contribution in [0.15, 0.2) is 67.1 Å². The molecule has 0 spiro atoms. The Hall–Kier alpha value is -3.60. The molecular formula is C24H20FN3O. The summed E-state index contributed by atoms with van der Waals surface area (Å²) in [6.07, 6.45) is 8.78. The molecule has 1 heterocycles. The van der Waals surface area contributed by atoms with Gasteiger partial charge in [-0.05, 0) is 42.6 Å². The molecule has 144 valence electrons. The van der Waals surface area contributed by atoms with Crippen molar-refractivity contribution in [1.82, 2.24) is 9.97 Å². The van der Waals surface area contributed by atoms with E-state index in [2.05, 4.69) is 42.2 Å². The number of benzene rings is 1. The fraction of sp³-hybridized carbons (Fsp3) is 0.125. The Morgan fingerprint density at radius 2 is 1.93 bits per heavy atom. The van der Waals surface area contributed by atoms with Crippen LogP contribution < -0.4 is 5.73 Å². The molecule has 2 aliphatic rings. The summed E-state index contributed by atoms with van der Waals surface area (Å²) in [5, 5.41) is 0. The first-order valence-electron chi connectivity index (χ1n) is 9.32. The summed E-state index contributed by atoms with van der Waals surface area (Å²) in [6, 6.07) is 5.67. The standard InChI is InChI=1S/C24H20FN3O/c1-13-6-4-7-16(12-13)17-8-5-9-18-19(17)22-20(23(18)29)21(27-24(26)28-22)14(2)10-11-15(3)25/h5-6,8-12H,2-4,7H2,1H3,(H2,26,27,28)/b11-10-. The molecule has 0 unspecified atom stereocenters. The molecule has 0 saturated heterocycles. The van der Waals surface area contributed by atoms with Crippen molar-refractivity contribution in [1.29, 1.82) is 0 Å². The van der Waals surface area contributed by atoms with E-state index in [1.165, 1.54) is 17.7 Å². The molecule has 2 N–H and O–H groups in total. The summed E-state index contributed by atoms with van der Waals surface area (Å²) in [4.78, 5) is 21.9. The fourth-order valence-electron chi connectivity index (χ4n) is 3.85. The fourth-order valence-corrected chi connectivity index (χ4v) is 3.85. The Bertz CT molecular complexity index is 1180. The number of nitrogens with two attached hydrogens (primary N) is 1. The number of halogens is 1. The van der Waals surface area contributed by atoms with Crippen LogP contribution in [0, 0.1) is 0 Å². The smallest absolute Gasteiger partial charge is 0.221 e. The average molecular weight is 385 g/mol. The number of aromatic nitrogens is 2. The van der Waals surface area contributed by atoms with Gasteiger partial charge < -0.3 is 5.73 Å². The minimum atomic E-state index is -0.616. The number of nitrogens with zero attached hydrogens (tertiary/aromatic N) is 2. The summed E-state index contributed by atoms with van der Waals surface area (Å²) in [7, 11) is 0. The largest absolute Gasteiger partial charge is 0.368 e. The molecule has 0 fully saturated rings. The molecule has 0 radical (unpaired) electrons. The summed E-state index contributed by atoms with van der Waals surface area (Å²) >= 11 is 0. The first-order chi connectivity index (χ1) is 13.9. The van der Waals surface area contributed by atoms with Crippen LogP contribution in [0.5, 0.6) is 0 Å². The van der Waals surface area contributed by atoms with Crippen molar-refractivity contribution >= 4 is 22.9 Å². The van der Waals surface area contributed by atoms with Gasteiger partial charge in [0.05, 0.1) is 17.0 Å². The number of carbonyl (C=O) groups excluding carboxylic acids is 1. The van der Waals surface area contributed by atoms with Crippen LogP contribution in [0.4, 0.5) is 10.3 Å². The highest BCUT2D eigenvalue weighted by Crippen LogP contribution is 2.44. The first-order valence-corrected chi connectivity index (χ1v) is 9.32. The van der Waals surface area contributed by atoms with E-state index in [9.17, 15) is 9.18 Å². The molecule has 29 heavy (non-hydrogen) atoms. The second-order valence-corrected chi connectivity index (χ2v) is 7.17. The molecule has 1 aromatic carbocycles. The van der Waals surface area contributed by atoms with Crippen LogP contribution in [-0.2, 0) is 0 Å². The van der Waals surface area contributed by atoms with Gasteiger partial charge in [0.2, 0.25) is 5.95 Å². The maximum atomic E-state index is 13.3. The molecule has 0 bridgehead atoms. The van der Waals surface area contributed by atoms with E-state index < -0.39 is 5.83 Å². The highest BCUT2D eigenvalue weighted by molar-refractivity contribution is 6.24. The van der Waals surface area contributed by atoms with Crippen LogP contribution in [0.25, 0.3) is 22.4 Å². The minimum absolute atomic E-state index is 0.0385. The van der Waals surface area contributed by atoms with Crippen LogP contribution in [0.3, 0.4) is 0 Å². The van der Waals surface area contributed by atoms with Gasteiger partial charge in [-0.25, -0.2) is 14.4 Å². The lowest BCUT2D eigenvalue weighted by molar-refractivity contribution is 0.104. The average Bonchev–Trinajstić information content (AvgIpc) is 2.98. The van der Waals surface area contributed by atoms with Crippen molar-refractivity contribution in [2.75, 3.05) is 5.73 Å². The van der Waals surface area contributed by atoms with Crippen LogP contribution >= 0.6 is 0 Å². The first kappa shape index (κ1) is 18.7. The normalized spacial score (nSPS) is 15.0. The number of allylic oxidation sites excluding steroid dienone is 8. The van der Waals surface area contributed by atoms with Crippen molar-refractivity contribution in [3.63, 3.8) is 0 Å². The second kappa shape index (κ2) is 7.09. The number of carbonyl (C=O) groups is 1. The van der Waals surface area contributed by atoms with Gasteiger partial charge in [-0.2, -0.15) is 0 Å². The van der Waals surface area contributed by atoms with Crippen molar-refractivity contribution in [3.8, 4) is 11.3 Å². The van der Waals surface area contributed by atoms with E-state index in [-0.39, 0.29) is 11.7 Å². The molecule has 0 aliphatic heterocycles. The number of rotatable bonds is 4. The third-order valence-electron chi connectivity index (χ3n) is 5.10. The molecule has 5 heteroatoms. The summed E-state index contributed by atoms with van der Waals surface area (Å²) in [5.74, 6) is -0.755. The van der Waals surface area contributed by atoms with E-state index in [0.717, 1.165) is 29.5 Å². The van der Waals surface area contributed by atoms with Crippen molar-refractivity contribution in [2.45, 2.75) is 19.8 Å². The van der Waals surface area contributed by atoms with Crippen LogP contribution in [0.2, 0.25) is 0 Å². The molecule has 4 rings (SSSR count). The Morgan fingerprint density at radius 3 is 2.66 bits per heavy atom. The summed E-state index contributed by atoms with van der Waals surface area (Å²) < 4.78 is 13.1. The third-order valence-corrected chi connectivity index (χ3v) is 5.10. The van der Waals surface area contributed by atoms with E-state index >= 15 is 0 Å². The topological polar surface area (TPSA) is 68.9 Å². The maximum Gasteiger partial charge on any atom is 0.221 e. The highest BCUT2D eigenvalue weighted by atomic mass is 19.1. The SMILES string of the molecule is C=C(F)/C=C\C(=C)c1nc(N)nc2c1C(=O)c1cccc(C3=CC(C)=CCC3)c1-2. The van der Waals surface area contributed by atoms with Gasteiger partial charge >= 0.3 is 0 Å². The van der Waals surface area contributed by atoms with Crippen molar-refractivity contribution < 1.29 is 9.18 Å². The lowest BCUT2D eigenvalue weighted by Crippen LogP contribution is -2.06. The Morgan fingerprint density at radius 1 is 1.17 bits per heavy atom. The molecular weight excluding hydrogens is 365 g/mol. The van der Waals surface area contributed by atoms with Gasteiger partial charge in [0, 0.05) is 11.1 Å². The second-order valence-electron chi connectivity index (χ2n) is 7.17. The summed E-state index contributed by atoms with van der Waals surface area (Å²) in [6.45, 7) is 9.19. The zero-order valence-electron chi connectivity index (χ0n) is 16.1. The quantitative estimate of drug-likeness (QED) is 0.607. The Balaban J connectivity index is 1.94. The van der Waals surface area contributed by atoms with Gasteiger partial charge in [0.25, 0.3) is 0 Å². The van der Waals surface area contributed by atoms with E-state index in [1.54, 1.807) is 6.07 Å². The number of hydrogen-bond donors (Lipinski definition) is 1. The minimum Gasteiger partial charge on any atom is -0.368 e. The lowest BCUT2D eigenvalue weighted by atomic mass is 9.89. The highest BCUT2D eigenvalue weighted by Gasteiger charge is 2.34. The van der Waals surface area contributed by atoms with Crippen LogP contribution in [0.1, 0.15) is 46.9 Å². The number of nitrogen functional groups attached to an aromatic ring is 1. The molecule has 0 amide bonds. The van der Waals surface area contributed by atoms with Gasteiger partial charge in [0.1, 0.15) is 5.83 Å².